The number of hydrogen-bond donors (Lipinski definition) is 0. The van der Waals surface area contributed by atoms with Gasteiger partial charge in [-0.25, -0.2) is 0 Å². The smallest absolute Gasteiger partial charge is 0.269 e. The van der Waals surface area contributed by atoms with E-state index >= 15 is 0 Å². The first-order chi connectivity index (χ1) is 11.8. The van der Waals surface area contributed by atoms with E-state index in [4.69, 9.17) is 0 Å². The fourth-order valence-electron chi connectivity index (χ4n) is 3.61. The molecule has 2 nitrogen and oxygen atoms in total. The molecular weight excluding hydrogens is 314 g/mol. The van der Waals surface area contributed by atoms with Gasteiger partial charge < -0.3 is 0 Å². The Kier molecular flexibility index (Phi) is 4.35. The number of carbonyl (C=O) groups excluding carboxylic acids is 1. The molecule has 0 atom stereocenters. The fourth-order valence-corrected chi connectivity index (χ4v) is 4.83. The lowest BCUT2D eigenvalue weighted by molar-refractivity contribution is -0.122. The van der Waals surface area contributed by atoms with Gasteiger partial charge in [0.1, 0.15) is 9.85 Å². The lowest BCUT2D eigenvalue weighted by Crippen LogP contribution is -2.45. The van der Waals surface area contributed by atoms with Gasteiger partial charge in [0.2, 0.25) is 0 Å². The summed E-state index contributed by atoms with van der Waals surface area (Å²) < 4.78 is 0. The molecule has 1 fully saturated rings. The molecule has 1 aliphatic heterocycles. The number of carbonyl (C=O) groups is 1. The molecule has 24 heavy (non-hydrogen) atoms. The van der Waals surface area contributed by atoms with Gasteiger partial charge >= 0.3 is 0 Å². The van der Waals surface area contributed by atoms with E-state index in [1.54, 1.807) is 10.9 Å². The van der Waals surface area contributed by atoms with E-state index in [1.807, 2.05) is 48.5 Å². The highest BCUT2D eigenvalue weighted by atomic mass is 32.1. The Morgan fingerprint density at radius 3 is 2.00 bits per heavy atom. The van der Waals surface area contributed by atoms with Crippen LogP contribution in [0.5, 0.6) is 0 Å². The van der Waals surface area contributed by atoms with Gasteiger partial charge in [0.15, 0.2) is 0 Å². The van der Waals surface area contributed by atoms with Gasteiger partial charge in [-0.3, -0.25) is 9.69 Å². The van der Waals surface area contributed by atoms with Crippen LogP contribution in [0.25, 0.3) is 0 Å². The number of benzene rings is 2. The molecule has 0 unspecified atom stereocenters. The molecule has 0 bridgehead atoms. The molecule has 0 saturated heterocycles. The zero-order valence-corrected chi connectivity index (χ0v) is 14.5. The van der Waals surface area contributed by atoms with Crippen molar-refractivity contribution in [3.8, 4) is 0 Å². The van der Waals surface area contributed by atoms with Gasteiger partial charge in [-0.2, -0.15) is 0 Å². The van der Waals surface area contributed by atoms with Crippen LogP contribution in [0.4, 0.5) is 0 Å². The zero-order chi connectivity index (χ0) is 16.4. The van der Waals surface area contributed by atoms with E-state index in [0.717, 1.165) is 33.8 Å². The molecule has 1 saturated carbocycles. The van der Waals surface area contributed by atoms with Crippen molar-refractivity contribution in [2.45, 2.75) is 38.1 Å². The van der Waals surface area contributed by atoms with Crippen molar-refractivity contribution in [2.75, 3.05) is 0 Å². The number of amides is 1. The second-order valence-electron chi connectivity index (χ2n) is 6.44. The minimum absolute atomic E-state index is 0.178. The van der Waals surface area contributed by atoms with Crippen molar-refractivity contribution < 1.29 is 4.79 Å². The average Bonchev–Trinajstić information content (AvgIpc) is 3.01. The minimum Gasteiger partial charge on any atom is -0.295 e. The largest absolute Gasteiger partial charge is 0.295 e. The molecule has 1 amide bonds. The van der Waals surface area contributed by atoms with Crippen LogP contribution >= 0.6 is 10.9 Å². The topological polar surface area (TPSA) is 20.3 Å². The molecule has 0 radical (unpaired) electrons. The second kappa shape index (κ2) is 6.78. The normalized spacial score (nSPS) is 18.8. The van der Waals surface area contributed by atoms with Gasteiger partial charge in [0.05, 0.1) is 0 Å². The Morgan fingerprint density at radius 2 is 1.38 bits per heavy atom. The molecule has 0 spiro atoms. The average molecular weight is 335 g/mol. The van der Waals surface area contributed by atoms with Crippen LogP contribution < -0.4 is 0 Å². The van der Waals surface area contributed by atoms with Crippen LogP contribution in [0, 0.1) is 0 Å². The predicted octanol–water partition coefficient (Wildman–Crippen LogP) is 4.29. The SMILES string of the molecule is O=C1C(c2ccccc2)=S=C(c2ccccc2)N1C1CCCCC1. The first-order valence-corrected chi connectivity index (χ1v) is 9.52. The lowest BCUT2D eigenvalue weighted by Gasteiger charge is -2.33. The third-order valence-electron chi connectivity index (χ3n) is 4.83. The minimum atomic E-state index is 0.178. The van der Waals surface area contributed by atoms with E-state index in [1.165, 1.54) is 19.3 Å². The Labute approximate surface area is 146 Å². The Bertz CT molecular complexity index is 800. The Hall–Kier alpha value is -2.13. The summed E-state index contributed by atoms with van der Waals surface area (Å²) in [6.45, 7) is 0. The summed E-state index contributed by atoms with van der Waals surface area (Å²) in [5, 5.41) is 0. The molecule has 3 heteroatoms. The van der Waals surface area contributed by atoms with Crippen molar-refractivity contribution in [2.24, 2.45) is 0 Å². The number of nitrogens with zero attached hydrogens (tertiary/aromatic N) is 1. The Balaban J connectivity index is 1.79. The molecule has 2 aliphatic rings. The second-order valence-corrected chi connectivity index (χ2v) is 7.43. The quantitative estimate of drug-likeness (QED) is 0.766. The summed E-state index contributed by atoms with van der Waals surface area (Å²) in [4.78, 5) is 17.3. The number of rotatable bonds is 3. The molecule has 1 aliphatic carbocycles. The maximum Gasteiger partial charge on any atom is 0.269 e. The molecular formula is C21H21NOS. The van der Waals surface area contributed by atoms with E-state index < -0.39 is 0 Å². The summed E-state index contributed by atoms with van der Waals surface area (Å²) in [7, 11) is 1.64. The maximum absolute atomic E-state index is 13.2. The van der Waals surface area contributed by atoms with Crippen LogP contribution in [0.1, 0.15) is 43.2 Å². The van der Waals surface area contributed by atoms with E-state index in [0.29, 0.717) is 6.04 Å². The van der Waals surface area contributed by atoms with Gasteiger partial charge in [0, 0.05) is 11.6 Å². The highest BCUT2D eigenvalue weighted by Gasteiger charge is 2.35. The fraction of sp³-hybridized carbons (Fsp3) is 0.286. The van der Waals surface area contributed by atoms with E-state index in [9.17, 15) is 4.79 Å². The lowest BCUT2D eigenvalue weighted by atomic mass is 9.93. The van der Waals surface area contributed by atoms with Crippen LogP contribution in [-0.4, -0.2) is 26.7 Å². The highest BCUT2D eigenvalue weighted by Crippen LogP contribution is 2.28. The summed E-state index contributed by atoms with van der Waals surface area (Å²) in [6.07, 6.45) is 5.97. The highest BCUT2D eigenvalue weighted by molar-refractivity contribution is 8.00. The van der Waals surface area contributed by atoms with Gasteiger partial charge in [0.25, 0.3) is 5.91 Å². The molecule has 0 N–H and O–H groups in total. The van der Waals surface area contributed by atoms with Crippen LogP contribution in [0.3, 0.4) is 0 Å². The summed E-state index contributed by atoms with van der Waals surface area (Å²) in [5.41, 5.74) is 2.17. The van der Waals surface area contributed by atoms with Crippen molar-refractivity contribution >= 4 is 26.7 Å². The summed E-state index contributed by atoms with van der Waals surface area (Å²) >= 11 is 0. The first kappa shape index (κ1) is 15.4. The molecule has 122 valence electrons. The molecule has 1 heterocycles. The number of hydrogen-bond acceptors (Lipinski definition) is 1. The van der Waals surface area contributed by atoms with Crippen molar-refractivity contribution in [1.82, 2.24) is 4.90 Å². The van der Waals surface area contributed by atoms with Crippen LogP contribution in [-0.2, 0) is 4.79 Å². The van der Waals surface area contributed by atoms with Gasteiger partial charge in [-0.05, 0) is 18.4 Å². The summed E-state index contributed by atoms with van der Waals surface area (Å²) in [5.74, 6) is 0.178. The Morgan fingerprint density at radius 1 is 0.792 bits per heavy atom. The van der Waals surface area contributed by atoms with Crippen LogP contribution in [0.15, 0.2) is 60.7 Å². The monoisotopic (exact) mass is 335 g/mol. The van der Waals surface area contributed by atoms with Crippen molar-refractivity contribution in [1.29, 1.82) is 0 Å². The molecule has 2 aromatic carbocycles. The van der Waals surface area contributed by atoms with Gasteiger partial charge in [-0.1, -0.05) is 79.9 Å². The third kappa shape index (κ3) is 2.84. The third-order valence-corrected chi connectivity index (χ3v) is 6.07. The standard InChI is InChI=1S/C21H21NOS/c23-20-19(16-10-4-1-5-11-16)24-21(17-12-6-2-7-13-17)22(20)18-14-8-3-9-15-18/h1-2,4-7,10-13,18H,3,8-9,14-15H2. The molecule has 0 aromatic heterocycles. The summed E-state index contributed by atoms with van der Waals surface area (Å²) in [6, 6.07) is 20.8. The molecule has 4 rings (SSSR count). The maximum atomic E-state index is 13.2. The van der Waals surface area contributed by atoms with Crippen molar-refractivity contribution in [3.05, 3.63) is 71.8 Å². The van der Waals surface area contributed by atoms with Crippen molar-refractivity contribution in [3.63, 3.8) is 0 Å². The van der Waals surface area contributed by atoms with E-state index in [2.05, 4.69) is 17.0 Å². The molecule has 2 aromatic rings. The van der Waals surface area contributed by atoms with Crippen LogP contribution in [0.2, 0.25) is 0 Å². The predicted molar refractivity (Wildman–Crippen MR) is 102 cm³/mol. The zero-order valence-electron chi connectivity index (χ0n) is 13.7. The van der Waals surface area contributed by atoms with Gasteiger partial charge in [-0.15, -0.1) is 10.9 Å². The van der Waals surface area contributed by atoms with E-state index in [-0.39, 0.29) is 5.91 Å². The first-order valence-electron chi connectivity index (χ1n) is 8.71.